The van der Waals surface area contributed by atoms with E-state index in [1.54, 1.807) is 24.3 Å². The molecule has 1 aliphatic rings. The zero-order chi connectivity index (χ0) is 29.0. The number of benzene rings is 2. The number of nitrogens with zero attached hydrogens (tertiary/aromatic N) is 3. The molecule has 2 heterocycles. The summed E-state index contributed by atoms with van der Waals surface area (Å²) >= 11 is 0. The number of carbonyl (C=O) groups excluding carboxylic acids is 3. The van der Waals surface area contributed by atoms with Crippen LogP contribution in [0.15, 0.2) is 64.3 Å². The number of aromatic nitrogens is 2. The Morgan fingerprint density at radius 1 is 1.02 bits per heavy atom. The van der Waals surface area contributed by atoms with Crippen molar-refractivity contribution in [1.82, 2.24) is 14.0 Å². The van der Waals surface area contributed by atoms with Gasteiger partial charge in [-0.15, -0.1) is 0 Å². The first-order valence-corrected chi connectivity index (χ1v) is 12.7. The summed E-state index contributed by atoms with van der Waals surface area (Å²) in [4.78, 5) is 63.5. The number of amides is 3. The maximum absolute atomic E-state index is 14.3. The molecular weight excluding hydrogens is 521 g/mol. The predicted molar refractivity (Wildman–Crippen MR) is 145 cm³/mol. The van der Waals surface area contributed by atoms with Crippen molar-refractivity contribution in [1.29, 1.82) is 0 Å². The van der Waals surface area contributed by atoms with Crippen LogP contribution in [-0.4, -0.2) is 50.0 Å². The average Bonchev–Trinajstić information content (AvgIpc) is 2.95. The van der Waals surface area contributed by atoms with E-state index in [4.69, 9.17) is 0 Å². The standard InChI is InChI=1S/C28H30FN5O6/c1-32-16-20(26(38)33(2)28(32)40)24(36)18-10-12-34(13-11-18)27(39)25(37)30-19-8-9-21(29)22(15-19)31-23(35)14-17-6-4-3-5-7-17/h3-9,15-16,18,24,36H,10-14H2,1-2H3,(H,30,37)(H,31,35). The molecule has 210 valence electrons. The molecule has 1 atom stereocenters. The van der Waals surface area contributed by atoms with Crippen LogP contribution in [0.3, 0.4) is 0 Å². The zero-order valence-corrected chi connectivity index (χ0v) is 22.1. The van der Waals surface area contributed by atoms with Gasteiger partial charge in [0.1, 0.15) is 5.82 Å². The monoisotopic (exact) mass is 551 g/mol. The SMILES string of the molecule is Cn1cc(C(O)C2CCN(C(=O)C(=O)Nc3ccc(F)c(NC(=O)Cc4ccccc4)c3)CC2)c(=O)n(C)c1=O. The first-order chi connectivity index (χ1) is 19.0. The fourth-order valence-corrected chi connectivity index (χ4v) is 4.71. The quantitative estimate of drug-likeness (QED) is 0.395. The van der Waals surface area contributed by atoms with E-state index in [2.05, 4.69) is 10.6 Å². The van der Waals surface area contributed by atoms with E-state index >= 15 is 0 Å². The van der Waals surface area contributed by atoms with E-state index in [1.165, 1.54) is 41.9 Å². The van der Waals surface area contributed by atoms with Crippen molar-refractivity contribution in [3.8, 4) is 0 Å². The molecule has 0 aliphatic carbocycles. The third-order valence-corrected chi connectivity index (χ3v) is 6.97. The van der Waals surface area contributed by atoms with Crippen LogP contribution in [0.1, 0.15) is 30.1 Å². The Kier molecular flexibility index (Phi) is 8.58. The van der Waals surface area contributed by atoms with Gasteiger partial charge >= 0.3 is 17.5 Å². The van der Waals surface area contributed by atoms with E-state index in [0.717, 1.165) is 16.2 Å². The van der Waals surface area contributed by atoms with Gasteiger partial charge < -0.3 is 25.2 Å². The molecule has 1 aliphatic heterocycles. The molecule has 0 spiro atoms. The molecule has 0 radical (unpaired) electrons. The first-order valence-electron chi connectivity index (χ1n) is 12.7. The first kappa shape index (κ1) is 28.4. The number of anilines is 2. The molecule has 1 fully saturated rings. The smallest absolute Gasteiger partial charge is 0.330 e. The van der Waals surface area contributed by atoms with Crippen LogP contribution in [0, 0.1) is 11.7 Å². The van der Waals surface area contributed by atoms with Gasteiger partial charge in [0.15, 0.2) is 0 Å². The molecular formula is C28H30FN5O6. The summed E-state index contributed by atoms with van der Waals surface area (Å²) in [6.45, 7) is 0.342. The molecule has 0 bridgehead atoms. The highest BCUT2D eigenvalue weighted by molar-refractivity contribution is 6.39. The van der Waals surface area contributed by atoms with Crippen molar-refractivity contribution in [2.75, 3.05) is 23.7 Å². The fourth-order valence-electron chi connectivity index (χ4n) is 4.71. The van der Waals surface area contributed by atoms with E-state index in [1.807, 2.05) is 6.07 Å². The summed E-state index contributed by atoms with van der Waals surface area (Å²) in [5.41, 5.74) is -0.242. The topological polar surface area (TPSA) is 143 Å². The van der Waals surface area contributed by atoms with Crippen LogP contribution >= 0.6 is 0 Å². The normalized spacial score (nSPS) is 14.4. The van der Waals surface area contributed by atoms with Gasteiger partial charge in [-0.05, 0) is 42.5 Å². The van der Waals surface area contributed by atoms with Gasteiger partial charge in [-0.25, -0.2) is 9.18 Å². The van der Waals surface area contributed by atoms with E-state index in [-0.39, 0.29) is 42.4 Å². The number of carbonyl (C=O) groups is 3. The fraction of sp³-hybridized carbons (Fsp3) is 0.321. The number of aliphatic hydroxyl groups is 1. The number of hydrogen-bond acceptors (Lipinski definition) is 6. The molecule has 1 saturated heterocycles. The van der Waals surface area contributed by atoms with Crippen molar-refractivity contribution < 1.29 is 23.9 Å². The van der Waals surface area contributed by atoms with Crippen LogP contribution < -0.4 is 21.9 Å². The zero-order valence-electron chi connectivity index (χ0n) is 22.1. The molecule has 3 amide bonds. The minimum atomic E-state index is -1.13. The van der Waals surface area contributed by atoms with Gasteiger partial charge in [0.2, 0.25) is 5.91 Å². The summed E-state index contributed by atoms with van der Waals surface area (Å²) in [6, 6.07) is 12.5. The number of likely N-dealkylation sites (tertiary alicyclic amines) is 1. The number of aryl methyl sites for hydroxylation is 1. The van der Waals surface area contributed by atoms with Gasteiger partial charge in [-0.3, -0.25) is 23.7 Å². The molecule has 12 heteroatoms. The lowest BCUT2D eigenvalue weighted by Crippen LogP contribution is -2.45. The Morgan fingerprint density at radius 2 is 1.70 bits per heavy atom. The maximum Gasteiger partial charge on any atom is 0.330 e. The number of nitrogens with one attached hydrogen (secondary N) is 2. The number of piperidine rings is 1. The molecule has 11 nitrogen and oxygen atoms in total. The maximum atomic E-state index is 14.3. The highest BCUT2D eigenvalue weighted by Crippen LogP contribution is 2.29. The molecule has 40 heavy (non-hydrogen) atoms. The van der Waals surface area contributed by atoms with Crippen molar-refractivity contribution in [2.24, 2.45) is 20.0 Å². The van der Waals surface area contributed by atoms with Crippen molar-refractivity contribution >= 4 is 29.1 Å². The summed E-state index contributed by atoms with van der Waals surface area (Å²) in [5, 5.41) is 15.7. The highest BCUT2D eigenvalue weighted by Gasteiger charge is 2.32. The second-order valence-electron chi connectivity index (χ2n) is 9.78. The molecule has 1 unspecified atom stereocenters. The molecule has 3 N–H and O–H groups in total. The molecule has 2 aromatic carbocycles. The van der Waals surface area contributed by atoms with Gasteiger partial charge in [0.25, 0.3) is 5.56 Å². The third-order valence-electron chi connectivity index (χ3n) is 6.97. The summed E-state index contributed by atoms with van der Waals surface area (Å²) < 4.78 is 16.5. The Balaban J connectivity index is 1.34. The lowest BCUT2D eigenvalue weighted by Gasteiger charge is -2.33. The summed E-state index contributed by atoms with van der Waals surface area (Å²) in [6.07, 6.45) is 0.894. The van der Waals surface area contributed by atoms with Gasteiger partial charge in [0.05, 0.1) is 23.8 Å². The van der Waals surface area contributed by atoms with Gasteiger partial charge in [-0.2, -0.15) is 0 Å². The Morgan fingerprint density at radius 3 is 2.38 bits per heavy atom. The van der Waals surface area contributed by atoms with Crippen LogP contribution in [-0.2, 0) is 34.9 Å². The number of aliphatic hydroxyl groups excluding tert-OH is 1. The predicted octanol–water partition coefficient (Wildman–Crippen LogP) is 1.31. The van der Waals surface area contributed by atoms with Crippen molar-refractivity contribution in [3.63, 3.8) is 0 Å². The van der Waals surface area contributed by atoms with Crippen molar-refractivity contribution in [2.45, 2.75) is 25.4 Å². The molecule has 0 saturated carbocycles. The van der Waals surface area contributed by atoms with Gasteiger partial charge in [-0.1, -0.05) is 30.3 Å². The van der Waals surface area contributed by atoms with E-state index in [0.29, 0.717) is 12.8 Å². The molecule has 3 aromatic rings. The lowest BCUT2D eigenvalue weighted by molar-refractivity contribution is -0.144. The average molecular weight is 552 g/mol. The van der Waals surface area contributed by atoms with Gasteiger partial charge in [0, 0.05) is 39.1 Å². The number of halogens is 1. The molecule has 4 rings (SSSR count). The Labute approximate surface area is 228 Å². The second-order valence-corrected chi connectivity index (χ2v) is 9.78. The van der Waals surface area contributed by atoms with E-state index < -0.39 is 40.9 Å². The summed E-state index contributed by atoms with van der Waals surface area (Å²) in [5.74, 6) is -3.22. The number of hydrogen-bond donors (Lipinski definition) is 3. The Bertz CT molecular complexity index is 1540. The number of rotatable bonds is 6. The second kappa shape index (κ2) is 12.1. The minimum Gasteiger partial charge on any atom is -0.388 e. The highest BCUT2D eigenvalue weighted by atomic mass is 19.1. The lowest BCUT2D eigenvalue weighted by atomic mass is 9.88. The minimum absolute atomic E-state index is 0.0387. The van der Waals surface area contributed by atoms with Crippen LogP contribution in [0.2, 0.25) is 0 Å². The van der Waals surface area contributed by atoms with E-state index in [9.17, 15) is 33.5 Å². The summed E-state index contributed by atoms with van der Waals surface area (Å²) in [7, 11) is 2.82. The third kappa shape index (κ3) is 6.34. The van der Waals surface area contributed by atoms with Crippen LogP contribution in [0.4, 0.5) is 15.8 Å². The largest absolute Gasteiger partial charge is 0.388 e. The Hall–Kier alpha value is -4.58. The van der Waals surface area contributed by atoms with Crippen LogP contribution in [0.5, 0.6) is 0 Å². The molecule has 1 aromatic heterocycles. The van der Waals surface area contributed by atoms with Crippen molar-refractivity contribution in [3.05, 3.63) is 92.5 Å². The van der Waals surface area contributed by atoms with Crippen LogP contribution in [0.25, 0.3) is 0 Å².